The SMILES string of the molecule is CCCCCCCCCCCCOc1cc(OCCCCCCCCCCCC)c(OCCCCCCCCCCCC)c(C=CC(=O)OCCC)c1OCCCCCCCCCCCC. The molecular weight excluding hydrogens is 817 g/mol. The first-order valence-electron chi connectivity index (χ1n) is 29.2. The predicted molar refractivity (Wildman–Crippen MR) is 286 cm³/mol. The molecule has 0 fully saturated rings. The van der Waals surface area contributed by atoms with E-state index in [1.165, 1.54) is 212 Å². The lowest BCUT2D eigenvalue weighted by atomic mass is 10.1. The highest BCUT2D eigenvalue weighted by molar-refractivity contribution is 5.89. The second-order valence-corrected chi connectivity index (χ2v) is 19.6. The fourth-order valence-electron chi connectivity index (χ4n) is 8.76. The Bertz CT molecular complexity index is 1140. The molecule has 0 aliphatic carbocycles. The first kappa shape index (κ1) is 61.6. The van der Waals surface area contributed by atoms with Crippen LogP contribution in [0.4, 0.5) is 0 Å². The maximum absolute atomic E-state index is 13.0. The highest BCUT2D eigenvalue weighted by atomic mass is 16.5. The van der Waals surface area contributed by atoms with Crippen molar-refractivity contribution in [1.82, 2.24) is 0 Å². The van der Waals surface area contributed by atoms with Crippen LogP contribution in [0.2, 0.25) is 0 Å². The zero-order valence-corrected chi connectivity index (χ0v) is 44.7. The van der Waals surface area contributed by atoms with Crippen molar-refractivity contribution in [2.24, 2.45) is 0 Å². The van der Waals surface area contributed by atoms with Crippen molar-refractivity contribution in [3.05, 3.63) is 17.7 Å². The molecule has 0 amide bonds. The number of rotatable bonds is 52. The summed E-state index contributed by atoms with van der Waals surface area (Å²) in [7, 11) is 0. The number of hydrogen-bond donors (Lipinski definition) is 0. The number of benzene rings is 1. The van der Waals surface area contributed by atoms with E-state index in [-0.39, 0.29) is 5.97 Å². The van der Waals surface area contributed by atoms with Gasteiger partial charge in [-0.2, -0.15) is 0 Å². The minimum Gasteiger partial charge on any atom is -0.490 e. The van der Waals surface area contributed by atoms with Gasteiger partial charge in [0.25, 0.3) is 0 Å². The smallest absolute Gasteiger partial charge is 0.330 e. The van der Waals surface area contributed by atoms with Gasteiger partial charge in [0.2, 0.25) is 0 Å². The molecule has 0 N–H and O–H groups in total. The Morgan fingerprint density at radius 1 is 0.333 bits per heavy atom. The van der Waals surface area contributed by atoms with Crippen LogP contribution >= 0.6 is 0 Å². The van der Waals surface area contributed by atoms with Crippen molar-refractivity contribution in [1.29, 1.82) is 0 Å². The van der Waals surface area contributed by atoms with Crippen LogP contribution in [0.1, 0.15) is 303 Å². The maximum atomic E-state index is 13.0. The molecule has 6 heteroatoms. The van der Waals surface area contributed by atoms with Crippen molar-refractivity contribution in [3.8, 4) is 23.0 Å². The third-order valence-electron chi connectivity index (χ3n) is 13.0. The molecule has 1 aromatic rings. The molecule has 0 spiro atoms. The van der Waals surface area contributed by atoms with Crippen molar-refractivity contribution in [3.63, 3.8) is 0 Å². The molecule has 66 heavy (non-hydrogen) atoms. The Labute approximate surface area is 410 Å². The predicted octanol–water partition coefficient (Wildman–Crippen LogP) is 19.9. The summed E-state index contributed by atoms with van der Waals surface area (Å²) in [6.45, 7) is 13.9. The Kier molecular flexibility index (Phi) is 45.8. The molecule has 0 aliphatic heterocycles. The first-order chi connectivity index (χ1) is 32.6. The van der Waals surface area contributed by atoms with Gasteiger partial charge >= 0.3 is 5.97 Å². The summed E-state index contributed by atoms with van der Waals surface area (Å²) in [5.41, 5.74) is 0.723. The lowest BCUT2D eigenvalue weighted by molar-refractivity contribution is -0.137. The molecule has 0 saturated carbocycles. The standard InChI is InChI=1S/C60H110O6/c1-6-11-15-19-23-27-31-35-39-43-50-62-56-54-57(63-51-44-40-36-32-28-24-20-16-12-7-2)60(66-53-46-42-38-34-30-26-22-18-14-9-4)55(47-48-58(61)64-49-10-5)59(56)65-52-45-41-37-33-29-25-21-17-13-8-3/h47-48,54H,6-46,49-53H2,1-5H3. The quantitative estimate of drug-likeness (QED) is 0.0368. The summed E-state index contributed by atoms with van der Waals surface area (Å²) in [6.07, 6.45) is 55.1. The van der Waals surface area contributed by atoms with Crippen molar-refractivity contribution < 1.29 is 28.5 Å². The number of unbranched alkanes of at least 4 members (excludes halogenated alkanes) is 36. The molecule has 0 unspecified atom stereocenters. The number of ether oxygens (including phenoxy) is 5. The van der Waals surface area contributed by atoms with Gasteiger partial charge in [-0.15, -0.1) is 0 Å². The Morgan fingerprint density at radius 2 is 0.591 bits per heavy atom. The van der Waals surface area contributed by atoms with Gasteiger partial charge in [0.1, 0.15) is 0 Å². The summed E-state index contributed by atoms with van der Waals surface area (Å²) in [4.78, 5) is 13.0. The van der Waals surface area contributed by atoms with Crippen LogP contribution in [-0.4, -0.2) is 39.0 Å². The van der Waals surface area contributed by atoms with Gasteiger partial charge in [0.15, 0.2) is 23.0 Å². The highest BCUT2D eigenvalue weighted by Crippen LogP contribution is 2.46. The number of carbonyl (C=O) groups excluding carboxylic acids is 1. The molecule has 386 valence electrons. The number of esters is 1. The molecule has 0 atom stereocenters. The van der Waals surface area contributed by atoms with E-state index in [1.807, 2.05) is 19.1 Å². The van der Waals surface area contributed by atoms with Crippen LogP contribution in [0.25, 0.3) is 6.08 Å². The highest BCUT2D eigenvalue weighted by Gasteiger charge is 2.23. The molecule has 0 bridgehead atoms. The van der Waals surface area contributed by atoms with Crippen LogP contribution in [0.15, 0.2) is 12.1 Å². The average Bonchev–Trinajstić information content (AvgIpc) is 3.32. The van der Waals surface area contributed by atoms with Gasteiger partial charge in [-0.3, -0.25) is 0 Å². The summed E-state index contributed by atoms with van der Waals surface area (Å²) >= 11 is 0. The van der Waals surface area contributed by atoms with Gasteiger partial charge in [-0.05, 0) is 38.2 Å². The third kappa shape index (κ3) is 36.6. The zero-order valence-electron chi connectivity index (χ0n) is 44.7. The first-order valence-corrected chi connectivity index (χ1v) is 29.2. The van der Waals surface area contributed by atoms with Gasteiger partial charge in [-0.1, -0.05) is 266 Å². The molecule has 1 aromatic carbocycles. The van der Waals surface area contributed by atoms with E-state index in [9.17, 15) is 4.79 Å². The largest absolute Gasteiger partial charge is 0.490 e. The monoisotopic (exact) mass is 927 g/mol. The average molecular weight is 928 g/mol. The van der Waals surface area contributed by atoms with E-state index in [0.29, 0.717) is 56.0 Å². The summed E-state index contributed by atoms with van der Waals surface area (Å²) in [6, 6.07) is 2.03. The normalized spacial score (nSPS) is 11.5. The molecular formula is C60H110O6. The zero-order chi connectivity index (χ0) is 47.6. The fourth-order valence-corrected chi connectivity index (χ4v) is 8.76. The lowest BCUT2D eigenvalue weighted by Crippen LogP contribution is -2.09. The van der Waals surface area contributed by atoms with Gasteiger partial charge < -0.3 is 23.7 Å². The van der Waals surface area contributed by atoms with Crippen LogP contribution in [0.3, 0.4) is 0 Å². The van der Waals surface area contributed by atoms with Crippen LogP contribution in [-0.2, 0) is 9.53 Å². The van der Waals surface area contributed by atoms with Crippen molar-refractivity contribution in [2.75, 3.05) is 33.0 Å². The van der Waals surface area contributed by atoms with Gasteiger partial charge in [-0.25, -0.2) is 4.79 Å². The molecule has 0 aliphatic rings. The number of carbonyl (C=O) groups is 1. The summed E-state index contributed by atoms with van der Waals surface area (Å²) in [5.74, 6) is 2.32. The van der Waals surface area contributed by atoms with Crippen LogP contribution in [0.5, 0.6) is 23.0 Å². The summed E-state index contributed by atoms with van der Waals surface area (Å²) < 4.78 is 32.4. The molecule has 0 heterocycles. The second-order valence-electron chi connectivity index (χ2n) is 19.6. The topological polar surface area (TPSA) is 63.2 Å². The van der Waals surface area contributed by atoms with Crippen molar-refractivity contribution >= 4 is 12.0 Å². The Balaban J connectivity index is 3.26. The van der Waals surface area contributed by atoms with Crippen LogP contribution in [0, 0.1) is 0 Å². The molecule has 0 aromatic heterocycles. The molecule has 6 nitrogen and oxygen atoms in total. The molecule has 0 saturated heterocycles. The third-order valence-corrected chi connectivity index (χ3v) is 13.0. The lowest BCUT2D eigenvalue weighted by Gasteiger charge is -2.22. The van der Waals surface area contributed by atoms with E-state index >= 15 is 0 Å². The maximum Gasteiger partial charge on any atom is 0.330 e. The summed E-state index contributed by atoms with van der Waals surface area (Å²) in [5, 5.41) is 0. The van der Waals surface area contributed by atoms with E-state index in [1.54, 1.807) is 0 Å². The number of hydrogen-bond acceptors (Lipinski definition) is 6. The minimum absolute atomic E-state index is 0.359. The molecule has 1 rings (SSSR count). The van der Waals surface area contributed by atoms with Gasteiger partial charge in [0.05, 0.1) is 38.6 Å². The van der Waals surface area contributed by atoms with E-state index < -0.39 is 0 Å². The van der Waals surface area contributed by atoms with E-state index in [0.717, 1.165) is 63.4 Å². The van der Waals surface area contributed by atoms with Crippen molar-refractivity contribution in [2.45, 2.75) is 298 Å². The molecule has 0 radical (unpaired) electrons. The Hall–Kier alpha value is -2.37. The Morgan fingerprint density at radius 3 is 0.864 bits per heavy atom. The minimum atomic E-state index is -0.359. The fraction of sp³-hybridized carbons (Fsp3) is 0.850. The van der Waals surface area contributed by atoms with Gasteiger partial charge in [0, 0.05) is 12.1 Å². The van der Waals surface area contributed by atoms with E-state index in [2.05, 4.69) is 27.7 Å². The van der Waals surface area contributed by atoms with E-state index in [4.69, 9.17) is 23.7 Å². The van der Waals surface area contributed by atoms with Crippen LogP contribution < -0.4 is 18.9 Å². The second kappa shape index (κ2) is 49.1.